The van der Waals surface area contributed by atoms with Gasteiger partial charge < -0.3 is 40.0 Å². The van der Waals surface area contributed by atoms with Crippen LogP contribution in [0, 0.1) is 16.7 Å². The molecule has 1 aliphatic rings. The molecule has 2 aromatic rings. The minimum Gasteiger partial charge on any atom is -0.497 e. The molecule has 0 spiro atoms. The van der Waals surface area contributed by atoms with Crippen LogP contribution in [0.15, 0.2) is 54.6 Å². The van der Waals surface area contributed by atoms with Crippen molar-refractivity contribution in [3.8, 4) is 11.5 Å². The average molecular weight is 730 g/mol. The van der Waals surface area contributed by atoms with Crippen LogP contribution >= 0.6 is 11.6 Å². The molecule has 0 saturated carbocycles. The lowest BCUT2D eigenvalue weighted by Gasteiger charge is -2.33. The fourth-order valence-electron chi connectivity index (χ4n) is 5.38. The molecule has 3 rings (SSSR count). The van der Waals surface area contributed by atoms with Gasteiger partial charge in [0, 0.05) is 25.3 Å². The summed E-state index contributed by atoms with van der Waals surface area (Å²) < 4.78 is 22.5. The van der Waals surface area contributed by atoms with Crippen LogP contribution in [-0.2, 0) is 41.7 Å². The lowest BCUT2D eigenvalue weighted by Crippen LogP contribution is -2.56. The Bertz CT molecular complexity index is 1530. The minimum atomic E-state index is -1.51. The summed E-state index contributed by atoms with van der Waals surface area (Å²) in [4.78, 5) is 54.2. The fraction of sp³-hybridized carbons (Fsp3) is 0.526. The SMILES string of the molecule is COc1ccc(COC[C@@H](C)[C@@H]2CC=CC(=O)N[C@H](Cc3ccc(OC)c(Cl)c3)C(=O)NCC(C)(CO)C(=O)N[C@@H](CC(C)(C)C)C(=O)O2)cc1. The van der Waals surface area contributed by atoms with Gasteiger partial charge in [0.15, 0.2) is 0 Å². The second kappa shape index (κ2) is 18.9. The molecule has 0 aromatic heterocycles. The molecule has 1 aliphatic heterocycles. The molecule has 280 valence electrons. The summed E-state index contributed by atoms with van der Waals surface area (Å²) in [6.45, 7) is 8.80. The van der Waals surface area contributed by atoms with Gasteiger partial charge in [0.05, 0.1) is 44.5 Å². The molecule has 0 saturated heterocycles. The number of benzene rings is 2. The predicted octanol–water partition coefficient (Wildman–Crippen LogP) is 4.14. The second-order valence-electron chi connectivity index (χ2n) is 14.4. The molecule has 13 heteroatoms. The predicted molar refractivity (Wildman–Crippen MR) is 193 cm³/mol. The average Bonchev–Trinajstić information content (AvgIpc) is 3.08. The van der Waals surface area contributed by atoms with Crippen molar-refractivity contribution < 1.29 is 43.2 Å². The van der Waals surface area contributed by atoms with Crippen molar-refractivity contribution in [1.29, 1.82) is 0 Å². The summed E-state index contributed by atoms with van der Waals surface area (Å²) >= 11 is 6.32. The molecule has 1 unspecified atom stereocenters. The van der Waals surface area contributed by atoms with E-state index in [1.165, 1.54) is 20.1 Å². The molecular weight excluding hydrogens is 678 g/mol. The standard InChI is InChI=1S/C38H52ClN3O9/c1-24(20-50-21-25-11-14-27(48-6)15-12-25)31-9-8-10-33(44)41-29(18-26-13-16-32(49-7)28(39)17-26)34(45)40-22-38(5,23-43)36(47)42-30(35(46)51-31)19-37(2,3)4/h8,10-17,24,29-31,43H,9,18-23H2,1-7H3,(H,40,45)(H,41,44)(H,42,47)/t24-,29-,30+,31+,38?/m1/s1. The number of halogens is 1. The van der Waals surface area contributed by atoms with E-state index in [4.69, 9.17) is 30.5 Å². The zero-order chi connectivity index (χ0) is 37.8. The molecule has 0 aliphatic carbocycles. The van der Waals surface area contributed by atoms with E-state index < -0.39 is 53.9 Å². The fourth-order valence-corrected chi connectivity index (χ4v) is 5.66. The Balaban J connectivity index is 1.91. The second-order valence-corrected chi connectivity index (χ2v) is 14.8. The van der Waals surface area contributed by atoms with E-state index >= 15 is 0 Å². The molecule has 3 amide bonds. The van der Waals surface area contributed by atoms with E-state index in [0.717, 1.165) is 11.3 Å². The number of esters is 1. The summed E-state index contributed by atoms with van der Waals surface area (Å²) in [7, 11) is 3.09. The highest BCUT2D eigenvalue weighted by Gasteiger charge is 2.39. The quantitative estimate of drug-likeness (QED) is 0.249. The van der Waals surface area contributed by atoms with Crippen LogP contribution in [-0.4, -0.2) is 81.0 Å². The number of carbonyl (C=O) groups is 4. The Morgan fingerprint density at radius 2 is 1.69 bits per heavy atom. The Morgan fingerprint density at radius 1 is 1.00 bits per heavy atom. The number of aliphatic hydroxyl groups excluding tert-OH is 1. The third-order valence-corrected chi connectivity index (χ3v) is 8.89. The Labute approximate surface area is 305 Å². The molecule has 0 bridgehead atoms. The molecule has 2 aromatic carbocycles. The number of cyclic esters (lactones) is 1. The van der Waals surface area contributed by atoms with Crippen LogP contribution in [0.5, 0.6) is 11.5 Å². The number of hydrogen-bond donors (Lipinski definition) is 4. The summed E-state index contributed by atoms with van der Waals surface area (Å²) in [5, 5.41) is 18.9. The first-order chi connectivity index (χ1) is 24.1. The monoisotopic (exact) mass is 729 g/mol. The van der Waals surface area contributed by atoms with Gasteiger partial charge in [-0.2, -0.15) is 0 Å². The van der Waals surface area contributed by atoms with Crippen molar-refractivity contribution in [2.45, 2.75) is 78.7 Å². The van der Waals surface area contributed by atoms with E-state index in [0.29, 0.717) is 22.9 Å². The number of ether oxygens (including phenoxy) is 4. The van der Waals surface area contributed by atoms with Crippen molar-refractivity contribution in [1.82, 2.24) is 16.0 Å². The van der Waals surface area contributed by atoms with Crippen molar-refractivity contribution in [2.24, 2.45) is 16.7 Å². The normalized spacial score (nSPS) is 23.0. The van der Waals surface area contributed by atoms with Gasteiger partial charge in [0.1, 0.15) is 29.7 Å². The number of aliphatic hydroxyl groups is 1. The molecular formula is C38H52ClN3O9. The van der Waals surface area contributed by atoms with Crippen molar-refractivity contribution in [3.63, 3.8) is 0 Å². The largest absolute Gasteiger partial charge is 0.497 e. The van der Waals surface area contributed by atoms with Crippen LogP contribution < -0.4 is 25.4 Å². The van der Waals surface area contributed by atoms with E-state index in [1.807, 2.05) is 52.0 Å². The highest BCUT2D eigenvalue weighted by molar-refractivity contribution is 6.32. The Hall–Kier alpha value is -4.13. The van der Waals surface area contributed by atoms with Crippen molar-refractivity contribution in [2.75, 3.05) is 34.0 Å². The molecule has 51 heavy (non-hydrogen) atoms. The third kappa shape index (κ3) is 12.9. The minimum absolute atomic E-state index is 0.0770. The first-order valence-electron chi connectivity index (χ1n) is 17.0. The Morgan fingerprint density at radius 3 is 2.29 bits per heavy atom. The number of hydrogen-bond acceptors (Lipinski definition) is 9. The van der Waals surface area contributed by atoms with Crippen LogP contribution in [0.2, 0.25) is 5.02 Å². The number of rotatable bonds is 11. The van der Waals surface area contributed by atoms with Gasteiger partial charge in [-0.1, -0.05) is 63.6 Å². The highest BCUT2D eigenvalue weighted by atomic mass is 35.5. The van der Waals surface area contributed by atoms with E-state index in [1.54, 1.807) is 31.4 Å². The summed E-state index contributed by atoms with van der Waals surface area (Å²) in [5.74, 6) is -1.55. The molecule has 0 fully saturated rings. The van der Waals surface area contributed by atoms with Crippen molar-refractivity contribution in [3.05, 3.63) is 70.8 Å². The zero-order valence-electron chi connectivity index (χ0n) is 30.5. The van der Waals surface area contributed by atoms with Gasteiger partial charge in [0.2, 0.25) is 17.7 Å². The van der Waals surface area contributed by atoms with Gasteiger partial charge in [-0.05, 0) is 60.2 Å². The van der Waals surface area contributed by atoms with E-state index in [9.17, 15) is 24.3 Å². The maximum absolute atomic E-state index is 13.8. The van der Waals surface area contributed by atoms with Crippen molar-refractivity contribution >= 4 is 35.3 Å². The lowest BCUT2D eigenvalue weighted by molar-refractivity contribution is -0.158. The number of amides is 3. The molecule has 1 heterocycles. The summed E-state index contributed by atoms with van der Waals surface area (Å²) in [5.41, 5.74) is -0.310. The van der Waals surface area contributed by atoms with Gasteiger partial charge in [-0.25, -0.2) is 4.79 Å². The lowest BCUT2D eigenvalue weighted by atomic mass is 9.86. The van der Waals surface area contributed by atoms with Crippen LogP contribution in [0.3, 0.4) is 0 Å². The summed E-state index contributed by atoms with van der Waals surface area (Å²) in [6.07, 6.45) is 2.62. The first-order valence-corrected chi connectivity index (χ1v) is 17.4. The van der Waals surface area contributed by atoms with Gasteiger partial charge >= 0.3 is 5.97 Å². The topological polar surface area (TPSA) is 162 Å². The van der Waals surface area contributed by atoms with Crippen LogP contribution in [0.25, 0.3) is 0 Å². The number of carbonyl (C=O) groups excluding carboxylic acids is 4. The van der Waals surface area contributed by atoms with E-state index in [2.05, 4.69) is 16.0 Å². The number of nitrogens with one attached hydrogen (secondary N) is 3. The van der Waals surface area contributed by atoms with Crippen LogP contribution in [0.4, 0.5) is 0 Å². The van der Waals surface area contributed by atoms with E-state index in [-0.39, 0.29) is 43.7 Å². The Kier molecular flexibility index (Phi) is 15.3. The van der Waals surface area contributed by atoms with Gasteiger partial charge in [-0.15, -0.1) is 0 Å². The van der Waals surface area contributed by atoms with Gasteiger partial charge in [0.25, 0.3) is 0 Å². The molecule has 4 N–H and O–H groups in total. The van der Waals surface area contributed by atoms with Crippen LogP contribution in [0.1, 0.15) is 58.6 Å². The first kappa shape index (κ1) is 41.3. The molecule has 0 radical (unpaired) electrons. The smallest absolute Gasteiger partial charge is 0.328 e. The highest BCUT2D eigenvalue weighted by Crippen LogP contribution is 2.27. The maximum atomic E-state index is 13.8. The number of methoxy groups -OCH3 is 2. The zero-order valence-corrected chi connectivity index (χ0v) is 31.3. The summed E-state index contributed by atoms with van der Waals surface area (Å²) in [6, 6.07) is 10.4. The van der Waals surface area contributed by atoms with Gasteiger partial charge in [-0.3, -0.25) is 14.4 Å². The molecule has 5 atom stereocenters. The molecule has 12 nitrogen and oxygen atoms in total. The maximum Gasteiger partial charge on any atom is 0.328 e. The third-order valence-electron chi connectivity index (χ3n) is 8.59.